The molecule has 2 amide bonds. The van der Waals surface area contributed by atoms with Crippen LogP contribution in [0.1, 0.15) is 30.9 Å². The summed E-state index contributed by atoms with van der Waals surface area (Å²) in [7, 11) is 3.46. The standard InChI is InChI=1S/C25H30N2O4/c1-4-16-31-21-13-11-20(12-14-21)22-23(26(2)18-19-9-6-5-7-10-19)25(29)27(24(22)28)15-8-17-30-3/h5-7,9-14H,4,8,15-18H2,1-3H3. The molecule has 0 N–H and O–H groups in total. The third kappa shape index (κ3) is 5.33. The Labute approximate surface area is 184 Å². The van der Waals surface area contributed by atoms with E-state index in [1.807, 2.05) is 66.5 Å². The van der Waals surface area contributed by atoms with Crippen molar-refractivity contribution in [3.8, 4) is 5.75 Å². The van der Waals surface area contributed by atoms with Crippen LogP contribution < -0.4 is 4.74 Å². The largest absolute Gasteiger partial charge is 0.494 e. The zero-order chi connectivity index (χ0) is 22.2. The molecule has 31 heavy (non-hydrogen) atoms. The third-order valence-corrected chi connectivity index (χ3v) is 5.13. The van der Waals surface area contributed by atoms with E-state index >= 15 is 0 Å². The number of imide groups is 1. The lowest BCUT2D eigenvalue weighted by Crippen LogP contribution is -2.35. The monoisotopic (exact) mass is 422 g/mol. The minimum atomic E-state index is -0.266. The Morgan fingerprint density at radius 3 is 2.29 bits per heavy atom. The summed E-state index contributed by atoms with van der Waals surface area (Å²) in [5, 5.41) is 0. The smallest absolute Gasteiger partial charge is 0.277 e. The molecule has 3 rings (SSSR count). The lowest BCUT2D eigenvalue weighted by atomic mass is 10.0. The van der Waals surface area contributed by atoms with E-state index in [-0.39, 0.29) is 11.8 Å². The quantitative estimate of drug-likeness (QED) is 0.408. The second kappa shape index (κ2) is 10.8. The molecule has 1 aliphatic rings. The summed E-state index contributed by atoms with van der Waals surface area (Å²) in [6.45, 7) is 4.04. The van der Waals surface area contributed by atoms with Gasteiger partial charge >= 0.3 is 0 Å². The van der Waals surface area contributed by atoms with Crippen molar-refractivity contribution >= 4 is 17.4 Å². The number of nitrogens with zero attached hydrogens (tertiary/aromatic N) is 2. The fraction of sp³-hybridized carbons (Fsp3) is 0.360. The first-order valence-electron chi connectivity index (χ1n) is 10.6. The molecule has 0 saturated heterocycles. The number of carbonyl (C=O) groups excluding carboxylic acids is 2. The molecule has 0 fully saturated rings. The van der Waals surface area contributed by atoms with Gasteiger partial charge in [-0.1, -0.05) is 49.4 Å². The molecule has 1 aliphatic heterocycles. The van der Waals surface area contributed by atoms with Gasteiger partial charge in [0.1, 0.15) is 11.4 Å². The summed E-state index contributed by atoms with van der Waals surface area (Å²) in [6, 6.07) is 17.3. The molecular formula is C25H30N2O4. The molecule has 0 saturated carbocycles. The zero-order valence-corrected chi connectivity index (χ0v) is 18.5. The molecule has 6 nitrogen and oxygen atoms in total. The van der Waals surface area contributed by atoms with Gasteiger partial charge in [0.05, 0.1) is 12.2 Å². The van der Waals surface area contributed by atoms with Gasteiger partial charge < -0.3 is 14.4 Å². The van der Waals surface area contributed by atoms with E-state index in [2.05, 4.69) is 6.92 Å². The molecule has 0 aliphatic carbocycles. The Balaban J connectivity index is 1.93. The fourth-order valence-corrected chi connectivity index (χ4v) is 3.62. The first-order chi connectivity index (χ1) is 15.1. The molecule has 0 aromatic heterocycles. The Morgan fingerprint density at radius 2 is 1.65 bits per heavy atom. The van der Waals surface area contributed by atoms with Crippen LogP contribution in [0, 0.1) is 0 Å². The summed E-state index contributed by atoms with van der Waals surface area (Å²) in [5.41, 5.74) is 2.64. The van der Waals surface area contributed by atoms with Crippen LogP contribution in [0.4, 0.5) is 0 Å². The molecule has 0 atom stereocenters. The Bertz CT molecular complexity index is 922. The van der Waals surface area contributed by atoms with Crippen molar-refractivity contribution in [1.82, 2.24) is 9.80 Å². The van der Waals surface area contributed by atoms with Crippen LogP contribution in [0.25, 0.3) is 5.57 Å². The van der Waals surface area contributed by atoms with Gasteiger partial charge in [-0.2, -0.15) is 0 Å². The van der Waals surface area contributed by atoms with Gasteiger partial charge in [0, 0.05) is 33.9 Å². The number of hydrogen-bond donors (Lipinski definition) is 0. The zero-order valence-electron chi connectivity index (χ0n) is 18.5. The number of rotatable bonds is 11. The molecule has 2 aromatic carbocycles. The lowest BCUT2D eigenvalue weighted by molar-refractivity contribution is -0.137. The van der Waals surface area contributed by atoms with Gasteiger partial charge in [0.15, 0.2) is 0 Å². The summed E-state index contributed by atoms with van der Waals surface area (Å²) in [5.74, 6) is 0.221. The van der Waals surface area contributed by atoms with E-state index in [0.717, 1.165) is 17.7 Å². The predicted molar refractivity (Wildman–Crippen MR) is 120 cm³/mol. The third-order valence-electron chi connectivity index (χ3n) is 5.13. The molecule has 0 spiro atoms. The van der Waals surface area contributed by atoms with Crippen LogP contribution in [-0.4, -0.2) is 55.5 Å². The normalized spacial score (nSPS) is 13.8. The van der Waals surface area contributed by atoms with Crippen molar-refractivity contribution in [1.29, 1.82) is 0 Å². The van der Waals surface area contributed by atoms with Gasteiger partial charge in [-0.15, -0.1) is 0 Å². The van der Waals surface area contributed by atoms with Crippen molar-refractivity contribution in [3.63, 3.8) is 0 Å². The minimum Gasteiger partial charge on any atom is -0.494 e. The molecular weight excluding hydrogens is 392 g/mol. The average molecular weight is 423 g/mol. The highest BCUT2D eigenvalue weighted by Gasteiger charge is 2.40. The second-order valence-corrected chi connectivity index (χ2v) is 7.55. The predicted octanol–water partition coefficient (Wildman–Crippen LogP) is 3.72. The number of hydrogen-bond acceptors (Lipinski definition) is 5. The number of likely N-dealkylation sites (N-methyl/N-ethyl adjacent to an activating group) is 1. The van der Waals surface area contributed by atoms with Crippen LogP contribution in [0.3, 0.4) is 0 Å². The number of amides is 2. The second-order valence-electron chi connectivity index (χ2n) is 7.55. The van der Waals surface area contributed by atoms with E-state index in [9.17, 15) is 9.59 Å². The molecule has 6 heteroatoms. The van der Waals surface area contributed by atoms with E-state index < -0.39 is 0 Å². The van der Waals surface area contributed by atoms with E-state index in [1.54, 1.807) is 7.11 Å². The van der Waals surface area contributed by atoms with Gasteiger partial charge in [0.25, 0.3) is 11.8 Å². The van der Waals surface area contributed by atoms with Gasteiger partial charge in [0.2, 0.25) is 0 Å². The first-order valence-corrected chi connectivity index (χ1v) is 10.6. The first kappa shape index (κ1) is 22.6. The fourth-order valence-electron chi connectivity index (χ4n) is 3.62. The maximum Gasteiger partial charge on any atom is 0.277 e. The van der Waals surface area contributed by atoms with Crippen molar-refractivity contribution in [3.05, 3.63) is 71.4 Å². The van der Waals surface area contributed by atoms with Crippen molar-refractivity contribution in [2.75, 3.05) is 33.9 Å². The van der Waals surface area contributed by atoms with E-state index in [1.165, 1.54) is 4.90 Å². The SMILES string of the molecule is CCCOc1ccc(C2=C(N(C)Cc3ccccc3)C(=O)N(CCCOC)C2=O)cc1. The molecule has 164 valence electrons. The number of carbonyl (C=O) groups is 2. The molecule has 1 heterocycles. The molecule has 0 unspecified atom stereocenters. The van der Waals surface area contributed by atoms with Crippen LogP contribution >= 0.6 is 0 Å². The van der Waals surface area contributed by atoms with Gasteiger partial charge in [-0.25, -0.2) is 0 Å². The highest BCUT2D eigenvalue weighted by Crippen LogP contribution is 2.32. The molecule has 2 aromatic rings. The van der Waals surface area contributed by atoms with Crippen LogP contribution in [0.15, 0.2) is 60.3 Å². The van der Waals surface area contributed by atoms with E-state index in [4.69, 9.17) is 9.47 Å². The Morgan fingerprint density at radius 1 is 0.935 bits per heavy atom. The number of ether oxygens (including phenoxy) is 2. The topological polar surface area (TPSA) is 59.1 Å². The summed E-state index contributed by atoms with van der Waals surface area (Å²) < 4.78 is 10.8. The maximum atomic E-state index is 13.3. The molecule has 0 radical (unpaired) electrons. The highest BCUT2D eigenvalue weighted by atomic mass is 16.5. The van der Waals surface area contributed by atoms with Gasteiger partial charge in [-0.05, 0) is 36.1 Å². The number of benzene rings is 2. The van der Waals surface area contributed by atoms with Crippen molar-refractivity contribution in [2.24, 2.45) is 0 Å². The lowest BCUT2D eigenvalue weighted by Gasteiger charge is -2.21. The highest BCUT2D eigenvalue weighted by molar-refractivity contribution is 6.35. The van der Waals surface area contributed by atoms with Crippen molar-refractivity contribution in [2.45, 2.75) is 26.3 Å². The average Bonchev–Trinajstić information content (AvgIpc) is 3.03. The Kier molecular flexibility index (Phi) is 7.84. The minimum absolute atomic E-state index is 0.263. The molecule has 0 bridgehead atoms. The number of methoxy groups -OCH3 is 1. The van der Waals surface area contributed by atoms with Crippen LogP contribution in [0.5, 0.6) is 5.75 Å². The summed E-state index contributed by atoms with van der Waals surface area (Å²) in [4.78, 5) is 29.7. The van der Waals surface area contributed by atoms with Crippen LogP contribution in [0.2, 0.25) is 0 Å². The van der Waals surface area contributed by atoms with E-state index in [0.29, 0.717) is 49.6 Å². The summed E-state index contributed by atoms with van der Waals surface area (Å²) in [6.07, 6.45) is 1.52. The van der Waals surface area contributed by atoms with Crippen molar-refractivity contribution < 1.29 is 19.1 Å². The van der Waals surface area contributed by atoms with Gasteiger partial charge in [-0.3, -0.25) is 14.5 Å². The van der Waals surface area contributed by atoms with Crippen LogP contribution in [-0.2, 0) is 20.9 Å². The summed E-state index contributed by atoms with van der Waals surface area (Å²) >= 11 is 0. The Hall–Kier alpha value is -3.12. The maximum absolute atomic E-state index is 13.3.